The minimum absolute atomic E-state index is 0.553. The van der Waals surface area contributed by atoms with E-state index in [1.807, 2.05) is 30.6 Å². The first-order valence-electron chi connectivity index (χ1n) is 7.50. The lowest BCUT2D eigenvalue weighted by Gasteiger charge is -2.20. The van der Waals surface area contributed by atoms with Crippen LogP contribution in [-0.2, 0) is 0 Å². The van der Waals surface area contributed by atoms with Crippen LogP contribution in [0.4, 0.5) is 5.69 Å². The second kappa shape index (κ2) is 5.58. The van der Waals surface area contributed by atoms with Gasteiger partial charge in [-0.3, -0.25) is 9.97 Å². The van der Waals surface area contributed by atoms with Gasteiger partial charge in [-0.15, -0.1) is 0 Å². The predicted molar refractivity (Wildman–Crippen MR) is 90.6 cm³/mol. The van der Waals surface area contributed by atoms with Crippen LogP contribution in [0.1, 0.15) is 17.9 Å². The molecule has 22 heavy (non-hydrogen) atoms. The largest absolute Gasteiger partial charge is 0.370 e. The lowest BCUT2D eigenvalue weighted by Crippen LogP contribution is -2.19. The van der Waals surface area contributed by atoms with Crippen molar-refractivity contribution in [2.75, 3.05) is 18.0 Å². The van der Waals surface area contributed by atoms with E-state index in [0.717, 1.165) is 35.4 Å². The molecule has 0 aliphatic carbocycles. The molecule has 1 unspecified atom stereocenters. The Labute approximate surface area is 134 Å². The van der Waals surface area contributed by atoms with Crippen LogP contribution in [0.3, 0.4) is 0 Å². The molecule has 4 rings (SSSR count). The third-order valence-corrected chi connectivity index (χ3v) is 4.64. The number of rotatable bonds is 2. The van der Waals surface area contributed by atoms with E-state index in [1.54, 1.807) is 6.20 Å². The quantitative estimate of drug-likeness (QED) is 0.707. The van der Waals surface area contributed by atoms with Crippen molar-refractivity contribution >= 4 is 28.2 Å². The van der Waals surface area contributed by atoms with Crippen molar-refractivity contribution in [2.45, 2.75) is 12.3 Å². The first kappa shape index (κ1) is 13.5. The molecule has 0 radical (unpaired) electrons. The molecule has 4 heteroatoms. The monoisotopic (exact) mass is 309 g/mol. The summed E-state index contributed by atoms with van der Waals surface area (Å²) in [5.41, 5.74) is 3.60. The third kappa shape index (κ3) is 2.42. The molecule has 0 saturated carbocycles. The maximum Gasteiger partial charge on any atom is 0.0753 e. The van der Waals surface area contributed by atoms with E-state index in [1.165, 1.54) is 11.3 Å². The molecule has 0 bridgehead atoms. The van der Waals surface area contributed by atoms with Crippen LogP contribution in [0.5, 0.6) is 0 Å². The van der Waals surface area contributed by atoms with Gasteiger partial charge in [0.25, 0.3) is 0 Å². The molecule has 0 N–H and O–H groups in total. The summed E-state index contributed by atoms with van der Waals surface area (Å²) in [6.45, 7) is 2.08. The number of hydrogen-bond acceptors (Lipinski definition) is 3. The summed E-state index contributed by atoms with van der Waals surface area (Å²) in [5, 5.41) is 1.92. The predicted octanol–water partition coefficient (Wildman–Crippen LogP) is 4.28. The molecule has 0 amide bonds. The van der Waals surface area contributed by atoms with E-state index in [2.05, 4.69) is 33.1 Å². The Morgan fingerprint density at radius 1 is 1.05 bits per heavy atom. The van der Waals surface area contributed by atoms with Crippen molar-refractivity contribution < 1.29 is 0 Å². The van der Waals surface area contributed by atoms with Gasteiger partial charge in [-0.25, -0.2) is 0 Å². The van der Waals surface area contributed by atoms with Gasteiger partial charge >= 0.3 is 0 Å². The number of aromatic nitrogens is 2. The fraction of sp³-hybridized carbons (Fsp3) is 0.222. The van der Waals surface area contributed by atoms with Crippen LogP contribution >= 0.6 is 11.6 Å². The van der Waals surface area contributed by atoms with E-state index >= 15 is 0 Å². The summed E-state index contributed by atoms with van der Waals surface area (Å²) < 4.78 is 0. The zero-order chi connectivity index (χ0) is 14.9. The van der Waals surface area contributed by atoms with Crippen LogP contribution < -0.4 is 4.90 Å². The minimum atomic E-state index is 0.553. The van der Waals surface area contributed by atoms with Crippen LogP contribution in [0.15, 0.2) is 55.0 Å². The van der Waals surface area contributed by atoms with Gasteiger partial charge < -0.3 is 4.90 Å². The van der Waals surface area contributed by atoms with Gasteiger partial charge in [-0.05, 0) is 36.2 Å². The average Bonchev–Trinajstić information content (AvgIpc) is 3.05. The molecule has 1 aliphatic rings. The van der Waals surface area contributed by atoms with Crippen LogP contribution in [0, 0.1) is 0 Å². The van der Waals surface area contributed by atoms with Gasteiger partial charge in [0.05, 0.1) is 5.52 Å². The Hall–Kier alpha value is -2.13. The summed E-state index contributed by atoms with van der Waals surface area (Å²) in [7, 11) is 0. The fourth-order valence-corrected chi connectivity index (χ4v) is 3.36. The number of nitrogens with zero attached hydrogens (tertiary/aromatic N) is 3. The highest BCUT2D eigenvalue weighted by Crippen LogP contribution is 2.34. The zero-order valence-corrected chi connectivity index (χ0v) is 12.9. The van der Waals surface area contributed by atoms with Crippen molar-refractivity contribution in [3.05, 3.63) is 65.6 Å². The topological polar surface area (TPSA) is 29.0 Å². The summed E-state index contributed by atoms with van der Waals surface area (Å²) in [6.07, 6.45) is 6.74. The van der Waals surface area contributed by atoms with Crippen molar-refractivity contribution in [2.24, 2.45) is 0 Å². The summed E-state index contributed by atoms with van der Waals surface area (Å²) in [4.78, 5) is 11.1. The molecule has 1 saturated heterocycles. The SMILES string of the molecule is Clc1ccc(C2CCN(c3ccnc4ccncc34)C2)cc1. The molecule has 1 atom stereocenters. The number of hydrogen-bond donors (Lipinski definition) is 0. The second-order valence-corrected chi connectivity index (χ2v) is 6.14. The Morgan fingerprint density at radius 2 is 1.91 bits per heavy atom. The highest BCUT2D eigenvalue weighted by atomic mass is 35.5. The van der Waals surface area contributed by atoms with Crippen LogP contribution in [0.25, 0.3) is 10.9 Å². The van der Waals surface area contributed by atoms with Crippen LogP contribution in [-0.4, -0.2) is 23.1 Å². The Kier molecular flexibility index (Phi) is 3.43. The molecular weight excluding hydrogens is 294 g/mol. The highest BCUT2D eigenvalue weighted by molar-refractivity contribution is 6.30. The molecule has 1 aliphatic heterocycles. The molecule has 3 heterocycles. The maximum absolute atomic E-state index is 5.98. The number of benzene rings is 1. The van der Waals surface area contributed by atoms with Gasteiger partial charge in [0.15, 0.2) is 0 Å². The molecule has 3 aromatic rings. The van der Waals surface area contributed by atoms with E-state index < -0.39 is 0 Å². The Balaban J connectivity index is 1.63. The first-order chi connectivity index (χ1) is 10.8. The van der Waals surface area contributed by atoms with Crippen molar-refractivity contribution in [1.29, 1.82) is 0 Å². The maximum atomic E-state index is 5.98. The standard InChI is InChI=1S/C18H16ClN3/c19-15-3-1-13(2-4-15)14-7-10-22(12-14)18-6-9-21-17-5-8-20-11-16(17)18/h1-6,8-9,11,14H,7,10,12H2. The zero-order valence-electron chi connectivity index (χ0n) is 12.1. The van der Waals surface area contributed by atoms with Gasteiger partial charge in [-0.2, -0.15) is 0 Å². The number of halogens is 1. The summed E-state index contributed by atoms with van der Waals surface area (Å²) in [5.74, 6) is 0.553. The number of anilines is 1. The lowest BCUT2D eigenvalue weighted by atomic mass is 9.99. The van der Waals surface area contributed by atoms with Crippen LogP contribution in [0.2, 0.25) is 5.02 Å². The molecule has 110 valence electrons. The van der Waals surface area contributed by atoms with Gasteiger partial charge in [0.1, 0.15) is 0 Å². The first-order valence-corrected chi connectivity index (χ1v) is 7.88. The van der Waals surface area contributed by atoms with Crippen molar-refractivity contribution in [3.8, 4) is 0 Å². The smallest absolute Gasteiger partial charge is 0.0753 e. The summed E-state index contributed by atoms with van der Waals surface area (Å²) >= 11 is 5.98. The normalized spacial score (nSPS) is 18.0. The number of pyridine rings is 2. The molecule has 2 aromatic heterocycles. The molecular formula is C18H16ClN3. The van der Waals surface area contributed by atoms with Gasteiger partial charge in [-0.1, -0.05) is 23.7 Å². The van der Waals surface area contributed by atoms with E-state index in [4.69, 9.17) is 11.6 Å². The van der Waals surface area contributed by atoms with E-state index in [0.29, 0.717) is 5.92 Å². The van der Waals surface area contributed by atoms with Gasteiger partial charge in [0, 0.05) is 53.7 Å². The Bertz CT molecular complexity index is 796. The third-order valence-electron chi connectivity index (χ3n) is 4.39. The van der Waals surface area contributed by atoms with E-state index in [-0.39, 0.29) is 0 Å². The Morgan fingerprint density at radius 3 is 2.77 bits per heavy atom. The number of fused-ring (bicyclic) bond motifs is 1. The van der Waals surface area contributed by atoms with Crippen molar-refractivity contribution in [1.82, 2.24) is 9.97 Å². The molecule has 1 aromatic carbocycles. The molecule has 1 fully saturated rings. The minimum Gasteiger partial charge on any atom is -0.370 e. The van der Waals surface area contributed by atoms with Crippen molar-refractivity contribution in [3.63, 3.8) is 0 Å². The van der Waals surface area contributed by atoms with E-state index in [9.17, 15) is 0 Å². The van der Waals surface area contributed by atoms with Gasteiger partial charge in [0.2, 0.25) is 0 Å². The average molecular weight is 310 g/mol. The fourth-order valence-electron chi connectivity index (χ4n) is 3.24. The highest BCUT2D eigenvalue weighted by Gasteiger charge is 2.25. The molecule has 0 spiro atoms. The second-order valence-electron chi connectivity index (χ2n) is 5.71. The molecule has 3 nitrogen and oxygen atoms in total. The summed E-state index contributed by atoms with van der Waals surface area (Å²) in [6, 6.07) is 12.3. The lowest BCUT2D eigenvalue weighted by molar-refractivity contribution is 0.775.